The van der Waals surface area contributed by atoms with Crippen molar-refractivity contribution in [1.82, 2.24) is 0 Å². The number of benzene rings is 2. The van der Waals surface area contributed by atoms with Gasteiger partial charge in [0.1, 0.15) is 13.2 Å². The highest BCUT2D eigenvalue weighted by molar-refractivity contribution is 7.92. The third-order valence-corrected chi connectivity index (χ3v) is 6.83. The number of nitrogens with one attached hydrogen (secondary N) is 1. The van der Waals surface area contributed by atoms with Crippen LogP contribution >= 0.6 is 11.6 Å². The van der Waals surface area contributed by atoms with Crippen LogP contribution in [-0.2, 0) is 10.0 Å². The highest BCUT2D eigenvalue weighted by atomic mass is 35.5. The van der Waals surface area contributed by atoms with Crippen LogP contribution in [0, 0.1) is 0 Å². The van der Waals surface area contributed by atoms with E-state index in [1.54, 1.807) is 30.3 Å². The Morgan fingerprint density at radius 2 is 1.82 bits per heavy atom. The van der Waals surface area contributed by atoms with Gasteiger partial charge >= 0.3 is 0 Å². The Kier molecular flexibility index (Phi) is 5.07. The van der Waals surface area contributed by atoms with Gasteiger partial charge in [-0.05, 0) is 43.2 Å². The Hall–Kier alpha value is -2.45. The first-order chi connectivity index (χ1) is 13.4. The molecule has 2 aliphatic rings. The van der Waals surface area contributed by atoms with Gasteiger partial charge in [0.2, 0.25) is 10.0 Å². The molecule has 0 unspecified atom stereocenters. The van der Waals surface area contributed by atoms with Crippen LogP contribution in [0.15, 0.2) is 36.4 Å². The molecule has 28 heavy (non-hydrogen) atoms. The maximum atomic E-state index is 12.8. The summed E-state index contributed by atoms with van der Waals surface area (Å²) in [7, 11) is -3.37. The summed E-state index contributed by atoms with van der Waals surface area (Å²) in [5.41, 5.74) is 1.17. The molecule has 1 N–H and O–H groups in total. The van der Waals surface area contributed by atoms with Gasteiger partial charge in [-0.2, -0.15) is 0 Å². The van der Waals surface area contributed by atoms with E-state index in [-0.39, 0.29) is 16.3 Å². The molecule has 0 radical (unpaired) electrons. The summed E-state index contributed by atoms with van der Waals surface area (Å²) in [6, 6.07) is 9.78. The van der Waals surface area contributed by atoms with E-state index in [1.807, 2.05) is 0 Å². The average Bonchev–Trinajstić information content (AvgIpc) is 2.68. The molecule has 0 atom stereocenters. The third kappa shape index (κ3) is 3.74. The number of rotatable bonds is 3. The molecule has 1 fully saturated rings. The van der Waals surface area contributed by atoms with Crippen molar-refractivity contribution in [3.8, 4) is 11.5 Å². The standard InChI is InChI=1S/C19H19ClN2O5S/c20-16-5-4-14(22-7-1-2-10-28(22,24)25)12-15(16)19(23)21-13-3-6-17-18(11-13)27-9-8-26-17/h3-6,11-12H,1-2,7-10H2,(H,21,23). The predicted molar refractivity (Wildman–Crippen MR) is 107 cm³/mol. The summed E-state index contributed by atoms with van der Waals surface area (Å²) in [6.45, 7) is 1.33. The highest BCUT2D eigenvalue weighted by Gasteiger charge is 2.27. The molecular weight excluding hydrogens is 404 g/mol. The Morgan fingerprint density at radius 3 is 2.61 bits per heavy atom. The van der Waals surface area contributed by atoms with Gasteiger partial charge in [-0.3, -0.25) is 9.10 Å². The second kappa shape index (κ2) is 7.52. The lowest BCUT2D eigenvalue weighted by atomic mass is 10.1. The number of ether oxygens (including phenoxy) is 2. The molecule has 2 heterocycles. The van der Waals surface area contributed by atoms with Crippen LogP contribution in [0.4, 0.5) is 11.4 Å². The zero-order chi connectivity index (χ0) is 19.7. The van der Waals surface area contributed by atoms with Crippen LogP contribution in [-0.4, -0.2) is 39.8 Å². The number of halogens is 1. The highest BCUT2D eigenvalue weighted by Crippen LogP contribution is 2.33. The lowest BCUT2D eigenvalue weighted by Gasteiger charge is -2.28. The van der Waals surface area contributed by atoms with E-state index in [4.69, 9.17) is 21.1 Å². The Balaban J connectivity index is 1.59. The smallest absolute Gasteiger partial charge is 0.257 e. The number of amides is 1. The van der Waals surface area contributed by atoms with Gasteiger partial charge in [-0.25, -0.2) is 8.42 Å². The van der Waals surface area contributed by atoms with Gasteiger partial charge in [0.05, 0.1) is 22.0 Å². The van der Waals surface area contributed by atoms with Crippen molar-refractivity contribution in [1.29, 1.82) is 0 Å². The fourth-order valence-corrected chi connectivity index (χ4v) is 5.08. The second-order valence-electron chi connectivity index (χ2n) is 6.57. The number of carbonyl (C=O) groups excluding carboxylic acids is 1. The average molecular weight is 423 g/mol. The van der Waals surface area contributed by atoms with Crippen molar-refractivity contribution < 1.29 is 22.7 Å². The molecule has 2 aromatic carbocycles. The van der Waals surface area contributed by atoms with E-state index >= 15 is 0 Å². The topological polar surface area (TPSA) is 84.9 Å². The van der Waals surface area contributed by atoms with Gasteiger partial charge in [-0.1, -0.05) is 11.6 Å². The number of sulfonamides is 1. The zero-order valence-corrected chi connectivity index (χ0v) is 16.6. The Labute approximate surface area is 168 Å². The summed E-state index contributed by atoms with van der Waals surface area (Å²) in [6.07, 6.45) is 1.42. The molecule has 0 aromatic heterocycles. The molecule has 7 nitrogen and oxygen atoms in total. The van der Waals surface area contributed by atoms with Gasteiger partial charge in [0.25, 0.3) is 5.91 Å². The van der Waals surface area contributed by atoms with Crippen molar-refractivity contribution in [3.63, 3.8) is 0 Å². The third-order valence-electron chi connectivity index (χ3n) is 4.63. The number of nitrogens with zero attached hydrogens (tertiary/aromatic N) is 1. The van der Waals surface area contributed by atoms with Gasteiger partial charge in [0.15, 0.2) is 11.5 Å². The molecule has 0 spiro atoms. The van der Waals surface area contributed by atoms with E-state index in [1.165, 1.54) is 10.4 Å². The summed E-state index contributed by atoms with van der Waals surface area (Å²) in [5.74, 6) is 0.856. The molecule has 9 heteroatoms. The van der Waals surface area contributed by atoms with Crippen molar-refractivity contribution in [2.24, 2.45) is 0 Å². The largest absolute Gasteiger partial charge is 0.486 e. The molecule has 0 bridgehead atoms. The van der Waals surface area contributed by atoms with Crippen LogP contribution in [0.3, 0.4) is 0 Å². The van der Waals surface area contributed by atoms with Crippen LogP contribution in [0.5, 0.6) is 11.5 Å². The van der Waals surface area contributed by atoms with E-state index in [9.17, 15) is 13.2 Å². The second-order valence-corrected chi connectivity index (χ2v) is 8.99. The molecule has 2 aromatic rings. The predicted octanol–water partition coefficient (Wildman–Crippen LogP) is 3.29. The molecule has 0 aliphatic carbocycles. The number of anilines is 2. The maximum absolute atomic E-state index is 12.8. The summed E-state index contributed by atoms with van der Waals surface area (Å²) >= 11 is 6.21. The lowest BCUT2D eigenvalue weighted by Crippen LogP contribution is -2.38. The molecule has 0 saturated carbocycles. The Morgan fingerprint density at radius 1 is 1.04 bits per heavy atom. The lowest BCUT2D eigenvalue weighted by molar-refractivity contribution is 0.102. The fourth-order valence-electron chi connectivity index (χ4n) is 3.24. The molecular formula is C19H19ClN2O5S. The van der Waals surface area contributed by atoms with Crippen molar-refractivity contribution in [2.45, 2.75) is 12.8 Å². The van der Waals surface area contributed by atoms with Crippen LogP contribution < -0.4 is 19.1 Å². The SMILES string of the molecule is O=C(Nc1ccc2c(c1)OCCO2)c1cc(N2CCCCS2(=O)=O)ccc1Cl. The number of fused-ring (bicyclic) bond motifs is 1. The molecule has 2 aliphatic heterocycles. The Bertz CT molecular complexity index is 1020. The van der Waals surface area contributed by atoms with Gasteiger partial charge in [-0.15, -0.1) is 0 Å². The summed E-state index contributed by atoms with van der Waals surface area (Å²) in [5, 5.41) is 3.02. The first-order valence-electron chi connectivity index (χ1n) is 8.95. The van der Waals surface area contributed by atoms with Crippen molar-refractivity contribution in [2.75, 3.05) is 35.1 Å². The first-order valence-corrected chi connectivity index (χ1v) is 10.9. The minimum atomic E-state index is -3.37. The zero-order valence-electron chi connectivity index (χ0n) is 15.0. The fraction of sp³-hybridized carbons (Fsp3) is 0.316. The van der Waals surface area contributed by atoms with Crippen LogP contribution in [0.2, 0.25) is 5.02 Å². The first kappa shape index (κ1) is 18.9. The van der Waals surface area contributed by atoms with Gasteiger partial charge in [0, 0.05) is 18.3 Å². The van der Waals surface area contributed by atoms with Crippen LogP contribution in [0.25, 0.3) is 0 Å². The quantitative estimate of drug-likeness (QED) is 0.820. The molecule has 4 rings (SSSR count). The minimum Gasteiger partial charge on any atom is -0.486 e. The monoisotopic (exact) mass is 422 g/mol. The number of carbonyl (C=O) groups is 1. The number of hydrogen-bond acceptors (Lipinski definition) is 5. The van der Waals surface area contributed by atoms with Gasteiger partial charge < -0.3 is 14.8 Å². The summed E-state index contributed by atoms with van der Waals surface area (Å²) < 4.78 is 37.0. The molecule has 148 valence electrons. The van der Waals surface area contributed by atoms with Crippen molar-refractivity contribution in [3.05, 3.63) is 47.0 Å². The van der Waals surface area contributed by atoms with Crippen molar-refractivity contribution >= 4 is 38.9 Å². The minimum absolute atomic E-state index is 0.106. The summed E-state index contributed by atoms with van der Waals surface area (Å²) in [4.78, 5) is 12.8. The van der Waals surface area contributed by atoms with E-state index in [0.717, 1.165) is 6.42 Å². The molecule has 1 saturated heterocycles. The molecule has 1 amide bonds. The van der Waals surface area contributed by atoms with E-state index in [2.05, 4.69) is 5.32 Å². The number of hydrogen-bond donors (Lipinski definition) is 1. The normalized spacial score (nSPS) is 17.8. The maximum Gasteiger partial charge on any atom is 0.257 e. The van der Waals surface area contributed by atoms with E-state index in [0.29, 0.717) is 49.1 Å². The van der Waals surface area contributed by atoms with Crippen LogP contribution in [0.1, 0.15) is 23.2 Å². The van der Waals surface area contributed by atoms with E-state index < -0.39 is 15.9 Å².